The van der Waals surface area contributed by atoms with Crippen LogP contribution in [0.15, 0.2) is 23.1 Å². The number of rotatable bonds is 6. The Kier molecular flexibility index (Phi) is 5.95. The van der Waals surface area contributed by atoms with E-state index in [-0.39, 0.29) is 32.1 Å². The molecule has 1 aromatic carbocycles. The first kappa shape index (κ1) is 18.4. The Morgan fingerprint density at radius 2 is 2.17 bits per heavy atom. The van der Waals surface area contributed by atoms with Crippen LogP contribution >= 0.6 is 11.8 Å². The van der Waals surface area contributed by atoms with Gasteiger partial charge in [-0.15, -0.1) is 11.8 Å². The first-order valence-electron chi connectivity index (χ1n) is 7.40. The van der Waals surface area contributed by atoms with Crippen LogP contribution in [-0.4, -0.2) is 65.5 Å². The maximum Gasteiger partial charge on any atom is 0.290 e. The smallest absolute Gasteiger partial charge is 0.290 e. The molecule has 2 rings (SSSR count). The third-order valence-electron chi connectivity index (χ3n) is 3.92. The lowest BCUT2D eigenvalue weighted by atomic mass is 10.1. The minimum atomic E-state index is -1.05. The highest BCUT2D eigenvalue weighted by atomic mass is 32.2. The molecule has 1 aliphatic rings. The topological polar surface area (TPSA) is 77.9 Å². The molecule has 0 radical (unpaired) electrons. The molecule has 0 aliphatic carbocycles. The first-order valence-corrected chi connectivity index (χ1v) is 8.62. The van der Waals surface area contributed by atoms with Crippen LogP contribution in [0.2, 0.25) is 0 Å². The molecule has 8 heteroatoms. The molecule has 1 N–H and O–H groups in total. The third-order valence-corrected chi connectivity index (χ3v) is 4.74. The lowest BCUT2D eigenvalue weighted by Gasteiger charge is -2.21. The number of aliphatic hydroxyl groups is 1. The second-order valence-corrected chi connectivity index (χ2v) is 6.39. The van der Waals surface area contributed by atoms with E-state index in [2.05, 4.69) is 0 Å². The minimum Gasteiger partial charge on any atom is -0.395 e. The highest BCUT2D eigenvalue weighted by Crippen LogP contribution is 2.24. The lowest BCUT2D eigenvalue weighted by molar-refractivity contribution is -0.144. The van der Waals surface area contributed by atoms with Crippen molar-refractivity contribution >= 4 is 29.4 Å². The summed E-state index contributed by atoms with van der Waals surface area (Å²) in [5, 5.41) is 8.91. The maximum atomic E-state index is 13.3. The number of ketones is 1. The number of carbonyl (C=O) groups excluding carboxylic acids is 3. The highest BCUT2D eigenvalue weighted by molar-refractivity contribution is 7.98. The van der Waals surface area contributed by atoms with Crippen molar-refractivity contribution in [2.45, 2.75) is 11.4 Å². The molecule has 1 saturated heterocycles. The number of hydrogen-bond donors (Lipinski definition) is 1. The molecule has 6 nitrogen and oxygen atoms in total. The van der Waals surface area contributed by atoms with Gasteiger partial charge < -0.3 is 14.9 Å². The van der Waals surface area contributed by atoms with E-state index in [9.17, 15) is 18.8 Å². The molecular formula is C16H19FN2O4S. The van der Waals surface area contributed by atoms with Gasteiger partial charge in [0.05, 0.1) is 6.61 Å². The molecule has 1 aromatic rings. The van der Waals surface area contributed by atoms with Crippen LogP contribution in [0.4, 0.5) is 4.39 Å². The fourth-order valence-electron chi connectivity index (χ4n) is 2.64. The van der Waals surface area contributed by atoms with Gasteiger partial charge in [0.25, 0.3) is 5.91 Å². The number of amides is 2. The average Bonchev–Trinajstić information content (AvgIpc) is 2.84. The van der Waals surface area contributed by atoms with Gasteiger partial charge in [-0.05, 0) is 24.0 Å². The molecule has 24 heavy (non-hydrogen) atoms. The minimum absolute atomic E-state index is 0.0137. The summed E-state index contributed by atoms with van der Waals surface area (Å²) >= 11 is 1.37. The molecule has 2 amide bonds. The van der Waals surface area contributed by atoms with E-state index in [0.29, 0.717) is 4.90 Å². The number of nitrogens with zero attached hydrogens (tertiary/aromatic N) is 2. The Hall–Kier alpha value is -1.93. The maximum absolute atomic E-state index is 13.3. The first-order chi connectivity index (χ1) is 11.4. The largest absolute Gasteiger partial charge is 0.395 e. The van der Waals surface area contributed by atoms with Crippen LogP contribution < -0.4 is 0 Å². The van der Waals surface area contributed by atoms with Crippen LogP contribution in [0, 0.1) is 11.7 Å². The highest BCUT2D eigenvalue weighted by Gasteiger charge is 2.43. The molecule has 0 aromatic heterocycles. The van der Waals surface area contributed by atoms with Gasteiger partial charge in [0, 0.05) is 31.6 Å². The average molecular weight is 354 g/mol. The summed E-state index contributed by atoms with van der Waals surface area (Å²) in [6.45, 7) is -0.0253. The molecule has 1 fully saturated rings. The summed E-state index contributed by atoms with van der Waals surface area (Å²) in [6.07, 6.45) is 1.81. The predicted molar refractivity (Wildman–Crippen MR) is 86.8 cm³/mol. The molecule has 0 bridgehead atoms. The summed E-state index contributed by atoms with van der Waals surface area (Å²) < 4.78 is 13.3. The zero-order valence-electron chi connectivity index (χ0n) is 13.5. The summed E-state index contributed by atoms with van der Waals surface area (Å²) in [5.74, 6) is -3.34. The number of halogens is 1. The Bertz CT molecular complexity index is 667. The van der Waals surface area contributed by atoms with Gasteiger partial charge in [0.2, 0.25) is 11.7 Å². The number of benzene rings is 1. The van der Waals surface area contributed by atoms with Gasteiger partial charge in [0.1, 0.15) is 11.7 Å². The fourth-order valence-corrected chi connectivity index (χ4v) is 3.27. The van der Waals surface area contributed by atoms with Crippen LogP contribution in [0.3, 0.4) is 0 Å². The van der Waals surface area contributed by atoms with Crippen molar-refractivity contribution < 1.29 is 23.9 Å². The van der Waals surface area contributed by atoms with E-state index in [1.54, 1.807) is 13.1 Å². The number of Topliss-reactive ketones (excluding diaryl/α,β-unsaturated/α-hetero) is 1. The van der Waals surface area contributed by atoms with Gasteiger partial charge in [-0.25, -0.2) is 4.39 Å². The van der Waals surface area contributed by atoms with E-state index in [4.69, 9.17) is 5.11 Å². The number of thioether (sulfide) groups is 1. The number of β-amino-alcohol motifs (C(OH)–C–C–N with tert-alkyl or cyclic N) is 1. The van der Waals surface area contributed by atoms with E-state index in [0.717, 1.165) is 5.56 Å². The lowest BCUT2D eigenvalue weighted by Crippen LogP contribution is -2.37. The molecule has 130 valence electrons. The van der Waals surface area contributed by atoms with Crippen molar-refractivity contribution in [2.24, 2.45) is 5.92 Å². The van der Waals surface area contributed by atoms with Crippen molar-refractivity contribution in [3.05, 3.63) is 29.6 Å². The molecule has 1 atom stereocenters. The standard InChI is InChI=1S/C16H19FN2O4S/c1-18(8-10-3-4-11(17)7-13(10)24-2)15(22)12-9-19(5-6-20)16(23)14(12)21/h3-4,7,12,20H,5-6,8-9H2,1-2H3. The summed E-state index contributed by atoms with van der Waals surface area (Å²) in [5.41, 5.74) is 0.767. The van der Waals surface area contributed by atoms with Crippen molar-refractivity contribution in [3.63, 3.8) is 0 Å². The van der Waals surface area contributed by atoms with Gasteiger partial charge >= 0.3 is 0 Å². The molecule has 1 unspecified atom stereocenters. The normalized spacial score (nSPS) is 17.5. The summed E-state index contributed by atoms with van der Waals surface area (Å²) in [4.78, 5) is 39.5. The summed E-state index contributed by atoms with van der Waals surface area (Å²) in [7, 11) is 1.54. The van der Waals surface area contributed by atoms with Crippen molar-refractivity contribution in [3.8, 4) is 0 Å². The summed E-state index contributed by atoms with van der Waals surface area (Å²) in [6, 6.07) is 4.32. The number of aliphatic hydroxyl groups excluding tert-OH is 1. The van der Waals surface area contributed by atoms with E-state index < -0.39 is 23.5 Å². The number of likely N-dealkylation sites (tertiary alicyclic amines) is 1. The molecule has 1 heterocycles. The Morgan fingerprint density at radius 1 is 1.46 bits per heavy atom. The van der Waals surface area contributed by atoms with E-state index in [1.165, 1.54) is 33.7 Å². The van der Waals surface area contributed by atoms with Crippen LogP contribution in [0.5, 0.6) is 0 Å². The second kappa shape index (κ2) is 7.76. The quantitative estimate of drug-likeness (QED) is 0.458. The third kappa shape index (κ3) is 3.76. The van der Waals surface area contributed by atoms with E-state index >= 15 is 0 Å². The zero-order valence-corrected chi connectivity index (χ0v) is 14.3. The van der Waals surface area contributed by atoms with Gasteiger partial charge in [-0.1, -0.05) is 6.07 Å². The van der Waals surface area contributed by atoms with Crippen LogP contribution in [0.1, 0.15) is 5.56 Å². The van der Waals surface area contributed by atoms with Gasteiger partial charge in [-0.2, -0.15) is 0 Å². The van der Waals surface area contributed by atoms with Gasteiger partial charge in [0.15, 0.2) is 0 Å². The monoisotopic (exact) mass is 354 g/mol. The second-order valence-electron chi connectivity index (χ2n) is 5.54. The zero-order chi connectivity index (χ0) is 17.9. The van der Waals surface area contributed by atoms with Gasteiger partial charge in [-0.3, -0.25) is 14.4 Å². The Labute approximate surface area is 143 Å². The molecule has 0 saturated carbocycles. The van der Waals surface area contributed by atoms with Crippen molar-refractivity contribution in [1.82, 2.24) is 9.80 Å². The Morgan fingerprint density at radius 3 is 2.79 bits per heavy atom. The van der Waals surface area contributed by atoms with Crippen molar-refractivity contribution in [1.29, 1.82) is 0 Å². The number of carbonyl (C=O) groups is 3. The van der Waals surface area contributed by atoms with E-state index in [1.807, 2.05) is 6.26 Å². The predicted octanol–water partition coefficient (Wildman–Crippen LogP) is 0.526. The fraction of sp³-hybridized carbons (Fsp3) is 0.438. The van der Waals surface area contributed by atoms with Crippen molar-refractivity contribution in [2.75, 3.05) is 33.0 Å². The van der Waals surface area contributed by atoms with Crippen LogP contribution in [-0.2, 0) is 20.9 Å². The van der Waals surface area contributed by atoms with Crippen LogP contribution in [0.25, 0.3) is 0 Å². The molecular weight excluding hydrogens is 335 g/mol. The molecule has 0 spiro atoms. The Balaban J connectivity index is 2.10. The number of hydrogen-bond acceptors (Lipinski definition) is 5. The molecule has 1 aliphatic heterocycles. The SMILES string of the molecule is CSc1cc(F)ccc1CN(C)C(=O)C1CN(CCO)C(=O)C1=O.